The molecule has 1 saturated heterocycles. The van der Waals surface area contributed by atoms with Gasteiger partial charge in [-0.3, -0.25) is 4.79 Å². The maximum atomic E-state index is 13.5. The average molecular weight is 531 g/mol. The topological polar surface area (TPSA) is 107 Å². The van der Waals surface area contributed by atoms with Crippen molar-refractivity contribution in [3.8, 4) is 27.8 Å². The van der Waals surface area contributed by atoms with Crippen LogP contribution in [0.2, 0.25) is 0 Å². The number of hydrogen-bond acceptors (Lipinski definition) is 8. The third-order valence-corrected chi connectivity index (χ3v) is 8.19. The molecule has 0 spiro atoms. The Bertz CT molecular complexity index is 1490. The van der Waals surface area contributed by atoms with Crippen LogP contribution in [0.3, 0.4) is 0 Å². The molecule has 2 atom stereocenters. The van der Waals surface area contributed by atoms with Gasteiger partial charge in [0.2, 0.25) is 5.88 Å². The van der Waals surface area contributed by atoms with Gasteiger partial charge in [0.25, 0.3) is 5.91 Å². The standard InChI is InChI=1S/C28H27FN6O2S/c1-15-24(38-26(33-15)25-31-9-4-10-32-25)27(36)35-13-19-20(14-35)23(19)37-22-12-17(11-21(34-22)28(2,3)30)16-5-7-18(29)8-6-16/h4-12,19-20,23H,13-14,30H2,1-3H3. The fourth-order valence-corrected chi connectivity index (χ4v) is 5.88. The zero-order valence-electron chi connectivity index (χ0n) is 21.3. The monoisotopic (exact) mass is 530 g/mol. The van der Waals surface area contributed by atoms with Gasteiger partial charge in [0.15, 0.2) is 10.8 Å². The normalized spacial score (nSPS) is 20.3. The van der Waals surface area contributed by atoms with E-state index in [4.69, 9.17) is 10.5 Å². The summed E-state index contributed by atoms with van der Waals surface area (Å²) in [6.45, 7) is 6.86. The maximum absolute atomic E-state index is 13.5. The smallest absolute Gasteiger partial charge is 0.265 e. The molecule has 2 unspecified atom stereocenters. The van der Waals surface area contributed by atoms with E-state index in [0.29, 0.717) is 46.1 Å². The van der Waals surface area contributed by atoms with Crippen LogP contribution < -0.4 is 10.5 Å². The van der Waals surface area contributed by atoms with Gasteiger partial charge >= 0.3 is 0 Å². The lowest BCUT2D eigenvalue weighted by Gasteiger charge is -2.22. The number of ether oxygens (including phenoxy) is 1. The number of rotatable bonds is 6. The molecule has 1 aliphatic carbocycles. The second-order valence-electron chi connectivity index (χ2n) is 10.4. The zero-order valence-corrected chi connectivity index (χ0v) is 22.1. The first-order valence-electron chi connectivity index (χ1n) is 12.5. The Morgan fingerprint density at radius 3 is 2.42 bits per heavy atom. The van der Waals surface area contributed by atoms with Gasteiger partial charge in [0, 0.05) is 43.4 Å². The molecule has 4 aromatic rings. The molecule has 10 heteroatoms. The van der Waals surface area contributed by atoms with Crippen LogP contribution in [-0.4, -0.2) is 49.9 Å². The summed E-state index contributed by atoms with van der Waals surface area (Å²) in [6.07, 6.45) is 3.31. The third-order valence-electron chi connectivity index (χ3n) is 7.05. The Hall–Kier alpha value is -3.76. The van der Waals surface area contributed by atoms with Crippen molar-refractivity contribution < 1.29 is 13.9 Å². The van der Waals surface area contributed by atoms with E-state index in [-0.39, 0.29) is 29.7 Å². The second-order valence-corrected chi connectivity index (χ2v) is 11.4. The lowest BCUT2D eigenvalue weighted by atomic mass is 9.97. The Morgan fingerprint density at radius 1 is 1.08 bits per heavy atom. The SMILES string of the molecule is Cc1nc(-c2ncccn2)sc1C(=O)N1CC2C(C1)C2Oc1cc(-c2ccc(F)cc2)cc(C(C)(C)N)n1. The van der Waals surface area contributed by atoms with Gasteiger partial charge in [-0.25, -0.2) is 24.3 Å². The molecule has 1 aromatic carbocycles. The minimum Gasteiger partial charge on any atom is -0.474 e. The van der Waals surface area contributed by atoms with Gasteiger partial charge in [0.1, 0.15) is 16.8 Å². The predicted molar refractivity (Wildman–Crippen MR) is 142 cm³/mol. The molecule has 2 fully saturated rings. The van der Waals surface area contributed by atoms with Crippen molar-refractivity contribution in [1.82, 2.24) is 24.8 Å². The molecule has 0 bridgehead atoms. The van der Waals surface area contributed by atoms with Crippen molar-refractivity contribution in [2.45, 2.75) is 32.4 Å². The van der Waals surface area contributed by atoms with E-state index in [0.717, 1.165) is 11.1 Å². The number of carbonyl (C=O) groups excluding carboxylic acids is 1. The number of nitrogens with zero attached hydrogens (tertiary/aromatic N) is 5. The number of piperidine rings is 1. The van der Waals surface area contributed by atoms with E-state index < -0.39 is 5.54 Å². The van der Waals surface area contributed by atoms with E-state index in [1.807, 2.05) is 37.8 Å². The first-order chi connectivity index (χ1) is 18.2. The molecular weight excluding hydrogens is 503 g/mol. The number of pyridine rings is 1. The Labute approximate surface area is 223 Å². The Morgan fingerprint density at radius 2 is 1.76 bits per heavy atom. The molecule has 1 saturated carbocycles. The number of likely N-dealkylation sites (tertiary alicyclic amines) is 1. The summed E-state index contributed by atoms with van der Waals surface area (Å²) >= 11 is 1.33. The number of amides is 1. The van der Waals surface area contributed by atoms with Gasteiger partial charge in [-0.2, -0.15) is 0 Å². The number of thiazole rings is 1. The molecule has 2 N–H and O–H groups in total. The van der Waals surface area contributed by atoms with Crippen molar-refractivity contribution in [3.05, 3.63) is 76.9 Å². The van der Waals surface area contributed by atoms with E-state index in [2.05, 4.69) is 19.9 Å². The molecule has 1 amide bonds. The first-order valence-corrected chi connectivity index (χ1v) is 13.3. The molecule has 6 rings (SSSR count). The van der Waals surface area contributed by atoms with E-state index in [1.165, 1.54) is 23.5 Å². The molecule has 1 aliphatic heterocycles. The predicted octanol–water partition coefficient (Wildman–Crippen LogP) is 4.45. The molecule has 194 valence electrons. The van der Waals surface area contributed by atoms with Crippen molar-refractivity contribution in [1.29, 1.82) is 0 Å². The number of benzene rings is 1. The van der Waals surface area contributed by atoms with Crippen LogP contribution in [0.25, 0.3) is 22.0 Å². The quantitative estimate of drug-likeness (QED) is 0.392. The van der Waals surface area contributed by atoms with E-state index >= 15 is 0 Å². The molecule has 0 radical (unpaired) electrons. The van der Waals surface area contributed by atoms with Crippen LogP contribution in [0.4, 0.5) is 4.39 Å². The molecular formula is C28H27FN6O2S. The summed E-state index contributed by atoms with van der Waals surface area (Å²) in [5, 5.41) is 0.641. The number of aryl methyl sites for hydroxylation is 1. The number of nitrogens with two attached hydrogens (primary N) is 1. The number of carbonyl (C=O) groups is 1. The zero-order chi connectivity index (χ0) is 26.6. The van der Waals surface area contributed by atoms with Crippen molar-refractivity contribution in [2.24, 2.45) is 17.6 Å². The summed E-state index contributed by atoms with van der Waals surface area (Å²) < 4.78 is 19.8. The molecule has 38 heavy (non-hydrogen) atoms. The third kappa shape index (κ3) is 4.65. The number of hydrogen-bond donors (Lipinski definition) is 1. The second kappa shape index (κ2) is 9.21. The lowest BCUT2D eigenvalue weighted by molar-refractivity contribution is 0.0755. The molecule has 4 heterocycles. The Kier molecular flexibility index (Phi) is 5.96. The summed E-state index contributed by atoms with van der Waals surface area (Å²) in [5.74, 6) is 1.19. The maximum Gasteiger partial charge on any atom is 0.265 e. The van der Waals surface area contributed by atoms with Gasteiger partial charge in [-0.05, 0) is 56.2 Å². The van der Waals surface area contributed by atoms with Crippen LogP contribution >= 0.6 is 11.3 Å². The fraction of sp³-hybridized carbons (Fsp3) is 0.321. The summed E-state index contributed by atoms with van der Waals surface area (Å²) in [6, 6.07) is 11.9. The highest BCUT2D eigenvalue weighted by molar-refractivity contribution is 7.17. The van der Waals surface area contributed by atoms with Gasteiger partial charge in [-0.15, -0.1) is 11.3 Å². The molecule has 3 aromatic heterocycles. The highest BCUT2D eigenvalue weighted by atomic mass is 32.1. The van der Waals surface area contributed by atoms with Crippen LogP contribution in [0.1, 0.15) is 34.9 Å². The summed E-state index contributed by atoms with van der Waals surface area (Å²) in [7, 11) is 0. The highest BCUT2D eigenvalue weighted by Crippen LogP contribution is 2.48. The number of halogens is 1. The first kappa shape index (κ1) is 24.6. The van der Waals surface area contributed by atoms with Crippen molar-refractivity contribution >= 4 is 17.2 Å². The summed E-state index contributed by atoms with van der Waals surface area (Å²) in [4.78, 5) is 33.5. The molecule has 8 nitrogen and oxygen atoms in total. The highest BCUT2D eigenvalue weighted by Gasteiger charge is 2.59. The summed E-state index contributed by atoms with van der Waals surface area (Å²) in [5.41, 5.74) is 8.79. The largest absolute Gasteiger partial charge is 0.474 e. The van der Waals surface area contributed by atoms with Gasteiger partial charge in [0.05, 0.1) is 16.9 Å². The van der Waals surface area contributed by atoms with Crippen molar-refractivity contribution in [2.75, 3.05) is 13.1 Å². The van der Waals surface area contributed by atoms with Gasteiger partial charge < -0.3 is 15.4 Å². The van der Waals surface area contributed by atoms with Crippen LogP contribution in [0, 0.1) is 24.6 Å². The van der Waals surface area contributed by atoms with E-state index in [9.17, 15) is 9.18 Å². The fourth-order valence-electron chi connectivity index (χ4n) is 4.90. The lowest BCUT2D eigenvalue weighted by Crippen LogP contribution is -2.33. The molecule has 2 aliphatic rings. The van der Waals surface area contributed by atoms with Crippen molar-refractivity contribution in [3.63, 3.8) is 0 Å². The number of aromatic nitrogens is 4. The minimum absolute atomic E-state index is 0.0143. The van der Waals surface area contributed by atoms with Crippen LogP contribution in [0.15, 0.2) is 54.9 Å². The Balaban J connectivity index is 1.16. The van der Waals surface area contributed by atoms with E-state index in [1.54, 1.807) is 30.6 Å². The van der Waals surface area contributed by atoms with Crippen LogP contribution in [0.5, 0.6) is 5.88 Å². The number of fused-ring (bicyclic) bond motifs is 1. The van der Waals surface area contributed by atoms with Crippen LogP contribution in [-0.2, 0) is 5.54 Å². The average Bonchev–Trinajstić information content (AvgIpc) is 3.22. The van der Waals surface area contributed by atoms with Gasteiger partial charge in [-0.1, -0.05) is 12.1 Å². The minimum atomic E-state index is -0.674.